The van der Waals surface area contributed by atoms with Crippen molar-refractivity contribution in [1.29, 1.82) is 0 Å². The van der Waals surface area contributed by atoms with Crippen LogP contribution in [0, 0.1) is 20.2 Å². The van der Waals surface area contributed by atoms with Gasteiger partial charge in [-0.25, -0.2) is 0 Å². The maximum Gasteiger partial charge on any atom is 0.320 e. The molecule has 0 heterocycles. The zero-order chi connectivity index (χ0) is 12.4. The second-order valence-electron chi connectivity index (χ2n) is 2.03. The number of nitrogens with zero attached hydrogens (tertiary/aromatic N) is 2. The van der Waals surface area contributed by atoms with Crippen LogP contribution >= 0.6 is 0 Å². The van der Waals surface area contributed by atoms with Crippen LogP contribution < -0.4 is 5.73 Å². The average Bonchev–Trinajstić information content (AvgIpc) is 2.01. The molecule has 0 radical (unpaired) electrons. The standard InChI is InChI=1S/C4H8N2O5.HNO3/c5-3(4(7)8)1-2-11-6(9)10;2-1(3)4/h3H,1-2,5H2,(H,7,8);(H,2,3,4). The smallest absolute Gasteiger partial charge is 0.320 e. The van der Waals surface area contributed by atoms with Gasteiger partial charge in [0.1, 0.15) is 6.04 Å². The van der Waals surface area contributed by atoms with Crippen LogP contribution in [0.3, 0.4) is 0 Å². The van der Waals surface area contributed by atoms with Gasteiger partial charge in [-0.15, -0.1) is 20.2 Å². The van der Waals surface area contributed by atoms with E-state index in [-0.39, 0.29) is 13.0 Å². The van der Waals surface area contributed by atoms with E-state index in [0.29, 0.717) is 0 Å². The molecule has 0 aliphatic carbocycles. The summed E-state index contributed by atoms with van der Waals surface area (Å²) in [5.41, 5.74) is 5.00. The first-order chi connectivity index (χ1) is 6.77. The van der Waals surface area contributed by atoms with Crippen LogP contribution in [0.25, 0.3) is 0 Å². The maximum atomic E-state index is 10.0. The lowest BCUT2D eigenvalue weighted by Gasteiger charge is -2.03. The van der Waals surface area contributed by atoms with Gasteiger partial charge in [0, 0.05) is 0 Å². The van der Waals surface area contributed by atoms with E-state index >= 15 is 0 Å². The lowest BCUT2D eigenvalue weighted by Crippen LogP contribution is -2.31. The third kappa shape index (κ3) is 18.6. The summed E-state index contributed by atoms with van der Waals surface area (Å²) in [6.45, 7) is -0.291. The number of hydrogen-bond acceptors (Lipinski definition) is 7. The number of hydrogen-bond donors (Lipinski definition) is 3. The molecular weight excluding hydrogens is 218 g/mol. The minimum Gasteiger partial charge on any atom is -0.480 e. The van der Waals surface area contributed by atoms with Crippen LogP contribution in [0.15, 0.2) is 0 Å². The third-order valence-electron chi connectivity index (χ3n) is 0.943. The Balaban J connectivity index is 0. The van der Waals surface area contributed by atoms with Crippen LogP contribution in [0.4, 0.5) is 0 Å². The number of nitrogens with two attached hydrogens (primary N) is 1. The minimum atomic E-state index is -1.50. The lowest BCUT2D eigenvalue weighted by atomic mass is 10.2. The Morgan fingerprint density at radius 1 is 1.47 bits per heavy atom. The topological polar surface area (TPSA) is 179 Å². The fourth-order valence-corrected chi connectivity index (χ4v) is 0.378. The lowest BCUT2D eigenvalue weighted by molar-refractivity contribution is -0.757. The zero-order valence-electron chi connectivity index (χ0n) is 7.31. The van der Waals surface area contributed by atoms with Crippen LogP contribution in [0.5, 0.6) is 0 Å². The molecule has 0 fully saturated rings. The predicted molar refractivity (Wildman–Crippen MR) is 42.0 cm³/mol. The highest BCUT2D eigenvalue weighted by Crippen LogP contribution is 1.89. The second kappa shape index (κ2) is 8.43. The Morgan fingerprint density at radius 2 is 1.87 bits per heavy atom. The molecule has 0 amide bonds. The SMILES string of the molecule is NC(CCO[N+](=O)[O-])C(=O)O.O=[N+]([O-])O. The van der Waals surface area contributed by atoms with Crippen LogP contribution in [-0.4, -0.2) is 39.1 Å². The Hall–Kier alpha value is -2.17. The van der Waals surface area contributed by atoms with E-state index in [1.807, 2.05) is 0 Å². The molecule has 15 heavy (non-hydrogen) atoms. The van der Waals surface area contributed by atoms with Gasteiger partial charge in [-0.05, 0) is 6.42 Å². The first-order valence-electron chi connectivity index (χ1n) is 3.36. The van der Waals surface area contributed by atoms with E-state index in [1.54, 1.807) is 0 Å². The number of carboxylic acid groups (broad SMARTS) is 1. The Kier molecular flexibility index (Phi) is 8.60. The van der Waals surface area contributed by atoms with Gasteiger partial charge in [0.05, 0.1) is 6.61 Å². The molecule has 0 bridgehead atoms. The quantitative estimate of drug-likeness (QED) is 0.377. The van der Waals surface area contributed by atoms with Crippen LogP contribution in [0.1, 0.15) is 6.42 Å². The second-order valence-corrected chi connectivity index (χ2v) is 2.03. The summed E-state index contributed by atoms with van der Waals surface area (Å²) in [4.78, 5) is 31.8. The molecule has 0 aromatic carbocycles. The van der Waals surface area contributed by atoms with Gasteiger partial charge in [0.2, 0.25) is 0 Å². The van der Waals surface area contributed by atoms with Gasteiger partial charge in [-0.1, -0.05) is 0 Å². The molecule has 0 aromatic heterocycles. The van der Waals surface area contributed by atoms with Gasteiger partial charge in [0.25, 0.3) is 10.2 Å². The molecule has 1 unspecified atom stereocenters. The van der Waals surface area contributed by atoms with Crippen molar-refractivity contribution in [2.24, 2.45) is 5.73 Å². The molecule has 88 valence electrons. The highest BCUT2D eigenvalue weighted by Gasteiger charge is 2.11. The molecule has 0 saturated carbocycles. The summed E-state index contributed by atoms with van der Waals surface area (Å²) in [5, 5.41) is 30.4. The molecule has 4 N–H and O–H groups in total. The molecule has 1 atom stereocenters. The molecular formula is C4H9N3O8. The van der Waals surface area contributed by atoms with Crippen LogP contribution in [-0.2, 0) is 9.63 Å². The number of carboxylic acids is 1. The Morgan fingerprint density at radius 3 is 2.13 bits per heavy atom. The van der Waals surface area contributed by atoms with E-state index in [0.717, 1.165) is 0 Å². The van der Waals surface area contributed by atoms with Crippen molar-refractivity contribution in [3.8, 4) is 0 Å². The summed E-state index contributed by atoms with van der Waals surface area (Å²) in [6, 6.07) is -1.10. The molecule has 0 spiro atoms. The summed E-state index contributed by atoms with van der Waals surface area (Å²) in [5.74, 6) is -1.20. The van der Waals surface area contributed by atoms with E-state index < -0.39 is 22.2 Å². The van der Waals surface area contributed by atoms with E-state index in [2.05, 4.69) is 4.84 Å². The van der Waals surface area contributed by atoms with E-state index in [1.165, 1.54) is 0 Å². The van der Waals surface area contributed by atoms with Gasteiger partial charge >= 0.3 is 5.97 Å². The molecule has 0 aliphatic heterocycles. The van der Waals surface area contributed by atoms with Crippen molar-refractivity contribution in [2.75, 3.05) is 6.61 Å². The van der Waals surface area contributed by atoms with Gasteiger partial charge < -0.3 is 20.9 Å². The van der Waals surface area contributed by atoms with Gasteiger partial charge in [0.15, 0.2) is 0 Å². The number of aliphatic carboxylic acids is 1. The number of rotatable bonds is 5. The fraction of sp³-hybridized carbons (Fsp3) is 0.750. The van der Waals surface area contributed by atoms with Crippen molar-refractivity contribution >= 4 is 5.97 Å². The third-order valence-corrected chi connectivity index (χ3v) is 0.943. The summed E-state index contributed by atoms with van der Waals surface area (Å²) < 4.78 is 0. The Bertz CT molecular complexity index is 226. The van der Waals surface area contributed by atoms with Crippen molar-refractivity contribution in [3.05, 3.63) is 20.2 Å². The van der Waals surface area contributed by atoms with E-state index in [4.69, 9.17) is 26.2 Å². The molecule has 0 aromatic rings. The van der Waals surface area contributed by atoms with Gasteiger partial charge in [-0.3, -0.25) is 4.79 Å². The highest BCUT2D eigenvalue weighted by atomic mass is 16.9. The van der Waals surface area contributed by atoms with Crippen molar-refractivity contribution in [1.82, 2.24) is 0 Å². The zero-order valence-corrected chi connectivity index (χ0v) is 7.31. The Labute approximate surface area is 82.3 Å². The largest absolute Gasteiger partial charge is 0.480 e. The molecule has 11 nitrogen and oxygen atoms in total. The predicted octanol–water partition coefficient (Wildman–Crippen LogP) is -1.35. The molecule has 0 saturated heterocycles. The van der Waals surface area contributed by atoms with Crippen molar-refractivity contribution < 1.29 is 30.1 Å². The van der Waals surface area contributed by atoms with Crippen molar-refractivity contribution in [3.63, 3.8) is 0 Å². The molecule has 11 heteroatoms. The normalized spacial score (nSPS) is 10.5. The monoisotopic (exact) mass is 227 g/mol. The van der Waals surface area contributed by atoms with Gasteiger partial charge in [-0.2, -0.15) is 0 Å². The molecule has 0 aliphatic rings. The summed E-state index contributed by atoms with van der Waals surface area (Å²) in [7, 11) is 0. The van der Waals surface area contributed by atoms with Crippen LogP contribution in [0.2, 0.25) is 0 Å². The average molecular weight is 227 g/mol. The first-order valence-corrected chi connectivity index (χ1v) is 3.36. The summed E-state index contributed by atoms with van der Waals surface area (Å²) in [6.07, 6.45) is -0.0731. The molecule has 0 rings (SSSR count). The first kappa shape index (κ1) is 15.3. The maximum absolute atomic E-state index is 10.0. The van der Waals surface area contributed by atoms with Crippen molar-refractivity contribution in [2.45, 2.75) is 12.5 Å². The minimum absolute atomic E-state index is 0.0731. The number of carbonyl (C=O) groups is 1. The fourth-order valence-electron chi connectivity index (χ4n) is 0.378. The van der Waals surface area contributed by atoms with E-state index in [9.17, 15) is 14.9 Å². The highest BCUT2D eigenvalue weighted by molar-refractivity contribution is 5.72. The summed E-state index contributed by atoms with van der Waals surface area (Å²) >= 11 is 0.